The van der Waals surface area contributed by atoms with Gasteiger partial charge in [-0.05, 0) is 79.9 Å². The average molecular weight is 713 g/mol. The zero-order chi connectivity index (χ0) is 36.8. The van der Waals surface area contributed by atoms with E-state index in [1.54, 1.807) is 0 Å². The normalized spacial score (nSPS) is 13.1. The molecule has 3 nitrogen and oxygen atoms in total. The van der Waals surface area contributed by atoms with E-state index in [0.717, 1.165) is 50.0 Å². The van der Waals surface area contributed by atoms with Crippen molar-refractivity contribution in [1.82, 2.24) is 9.97 Å². The van der Waals surface area contributed by atoms with E-state index in [-0.39, 0.29) is 0 Å². The Morgan fingerprint density at radius 2 is 0.857 bits per heavy atom. The number of hydrogen-bond donors (Lipinski definition) is 0. The summed E-state index contributed by atoms with van der Waals surface area (Å²) >= 11 is 0. The van der Waals surface area contributed by atoms with Crippen LogP contribution in [0.4, 0.5) is 0 Å². The highest BCUT2D eigenvalue weighted by molar-refractivity contribution is 6.09. The molecule has 3 heteroatoms. The summed E-state index contributed by atoms with van der Waals surface area (Å²) in [6.45, 7) is 0. The minimum atomic E-state index is -0.577. The molecule has 0 fully saturated rings. The molecular weight excluding hydrogens is 681 g/mol. The first kappa shape index (κ1) is 31.0. The van der Waals surface area contributed by atoms with Gasteiger partial charge in [-0.25, -0.2) is 9.97 Å². The van der Waals surface area contributed by atoms with Crippen LogP contribution in [0.3, 0.4) is 0 Å². The Hall–Kier alpha value is -7.36. The molecular formula is C53H32N2O. The molecule has 0 atom stereocenters. The lowest BCUT2D eigenvalue weighted by molar-refractivity contribution is 0.670. The molecule has 1 spiro atoms. The predicted octanol–water partition coefficient (Wildman–Crippen LogP) is 13.4. The van der Waals surface area contributed by atoms with E-state index in [4.69, 9.17) is 14.4 Å². The Morgan fingerprint density at radius 3 is 1.55 bits per heavy atom. The van der Waals surface area contributed by atoms with Crippen molar-refractivity contribution < 1.29 is 4.42 Å². The van der Waals surface area contributed by atoms with Crippen molar-refractivity contribution in [3.8, 4) is 67.3 Å². The van der Waals surface area contributed by atoms with E-state index >= 15 is 0 Å². The van der Waals surface area contributed by atoms with Gasteiger partial charge in [-0.1, -0.05) is 170 Å². The molecule has 8 aromatic carbocycles. The molecule has 0 radical (unpaired) electrons. The summed E-state index contributed by atoms with van der Waals surface area (Å²) in [6.07, 6.45) is 0. The Balaban J connectivity index is 1.15. The van der Waals surface area contributed by atoms with Gasteiger partial charge in [0, 0.05) is 27.5 Å². The molecule has 0 amide bonds. The van der Waals surface area contributed by atoms with Crippen molar-refractivity contribution >= 4 is 21.9 Å². The topological polar surface area (TPSA) is 38.9 Å². The molecule has 56 heavy (non-hydrogen) atoms. The number of hydrogen-bond acceptors (Lipinski definition) is 3. The Labute approximate surface area is 324 Å². The highest BCUT2D eigenvalue weighted by Gasteiger charge is 2.49. The highest BCUT2D eigenvalue weighted by atomic mass is 16.3. The Morgan fingerprint density at radius 1 is 0.339 bits per heavy atom. The number of benzene rings is 8. The average Bonchev–Trinajstić information content (AvgIpc) is 3.77. The number of rotatable bonds is 3. The third-order valence-electron chi connectivity index (χ3n) is 11.9. The fraction of sp³-hybridized carbons (Fsp3) is 0.0189. The molecule has 0 bridgehead atoms. The van der Waals surface area contributed by atoms with Crippen molar-refractivity contribution in [2.45, 2.75) is 5.41 Å². The van der Waals surface area contributed by atoms with Gasteiger partial charge in [-0.2, -0.15) is 0 Å². The summed E-state index contributed by atoms with van der Waals surface area (Å²) < 4.78 is 6.55. The summed E-state index contributed by atoms with van der Waals surface area (Å²) in [7, 11) is 0. The lowest BCUT2D eigenvalue weighted by atomic mass is 9.65. The number of aromatic nitrogens is 2. The first-order valence-electron chi connectivity index (χ1n) is 19.2. The maximum atomic E-state index is 6.55. The van der Waals surface area contributed by atoms with E-state index in [2.05, 4.69) is 164 Å². The van der Waals surface area contributed by atoms with Gasteiger partial charge in [0.2, 0.25) is 0 Å². The monoisotopic (exact) mass is 712 g/mol. The minimum absolute atomic E-state index is 0.577. The van der Waals surface area contributed by atoms with Gasteiger partial charge in [-0.15, -0.1) is 0 Å². The van der Waals surface area contributed by atoms with E-state index in [1.165, 1.54) is 55.6 Å². The van der Waals surface area contributed by atoms with Crippen molar-refractivity contribution in [1.29, 1.82) is 0 Å². The SMILES string of the molecule is c1ccc(-c2nc(-c3ccc4c(c3)C3(c5ccccc5-c5ccccc5-c5ccccc53)c3ccccc3-4)cc(-c3cccc4c3oc3ccccc34)n2)cc1. The third kappa shape index (κ3) is 4.28. The fourth-order valence-electron chi connectivity index (χ4n) is 9.61. The fourth-order valence-corrected chi connectivity index (χ4v) is 9.61. The largest absolute Gasteiger partial charge is 0.455 e. The third-order valence-corrected chi connectivity index (χ3v) is 11.9. The van der Waals surface area contributed by atoms with Crippen molar-refractivity contribution in [3.05, 3.63) is 216 Å². The summed E-state index contributed by atoms with van der Waals surface area (Å²) in [6, 6.07) is 69.8. The van der Waals surface area contributed by atoms with E-state index in [1.807, 2.05) is 30.3 Å². The van der Waals surface area contributed by atoms with E-state index in [0.29, 0.717) is 5.82 Å². The van der Waals surface area contributed by atoms with Crippen LogP contribution in [0.2, 0.25) is 0 Å². The van der Waals surface area contributed by atoms with Crippen LogP contribution in [0, 0.1) is 0 Å². The highest BCUT2D eigenvalue weighted by Crippen LogP contribution is 2.61. The lowest BCUT2D eigenvalue weighted by Gasteiger charge is -2.35. The molecule has 260 valence electrons. The molecule has 2 heterocycles. The first-order chi connectivity index (χ1) is 27.8. The quantitative estimate of drug-likeness (QED) is 0.183. The summed E-state index contributed by atoms with van der Waals surface area (Å²) in [5.74, 6) is 0.672. The van der Waals surface area contributed by atoms with Crippen LogP contribution in [-0.4, -0.2) is 9.97 Å². The number of furan rings is 1. The molecule has 2 aromatic heterocycles. The van der Waals surface area contributed by atoms with Crippen LogP contribution >= 0.6 is 0 Å². The smallest absolute Gasteiger partial charge is 0.160 e. The van der Waals surface area contributed by atoms with Crippen LogP contribution in [0.25, 0.3) is 89.2 Å². The van der Waals surface area contributed by atoms with Crippen LogP contribution in [0.15, 0.2) is 199 Å². The van der Waals surface area contributed by atoms with E-state index in [9.17, 15) is 0 Å². The van der Waals surface area contributed by atoms with Gasteiger partial charge in [0.15, 0.2) is 5.82 Å². The molecule has 2 aliphatic carbocycles. The predicted molar refractivity (Wildman–Crippen MR) is 227 cm³/mol. The molecule has 2 aliphatic rings. The van der Waals surface area contributed by atoms with Gasteiger partial charge < -0.3 is 4.42 Å². The summed E-state index contributed by atoms with van der Waals surface area (Å²) in [4.78, 5) is 10.6. The molecule has 12 rings (SSSR count). The number of nitrogens with zero attached hydrogens (tertiary/aromatic N) is 2. The zero-order valence-electron chi connectivity index (χ0n) is 30.3. The minimum Gasteiger partial charge on any atom is -0.455 e. The summed E-state index contributed by atoms with van der Waals surface area (Å²) in [5.41, 5.74) is 18.3. The first-order valence-corrected chi connectivity index (χ1v) is 19.2. The van der Waals surface area contributed by atoms with Crippen LogP contribution in [0.1, 0.15) is 22.3 Å². The van der Waals surface area contributed by atoms with Gasteiger partial charge in [-0.3, -0.25) is 0 Å². The maximum Gasteiger partial charge on any atom is 0.160 e. The Bertz CT molecular complexity index is 3140. The second kappa shape index (κ2) is 11.8. The van der Waals surface area contributed by atoms with Crippen LogP contribution < -0.4 is 0 Å². The van der Waals surface area contributed by atoms with Gasteiger partial charge in [0.05, 0.1) is 16.8 Å². The van der Waals surface area contributed by atoms with Crippen molar-refractivity contribution in [3.63, 3.8) is 0 Å². The molecule has 0 saturated heterocycles. The van der Waals surface area contributed by atoms with E-state index < -0.39 is 5.41 Å². The van der Waals surface area contributed by atoms with Gasteiger partial charge in [0.25, 0.3) is 0 Å². The van der Waals surface area contributed by atoms with Gasteiger partial charge in [0.1, 0.15) is 11.2 Å². The molecule has 10 aromatic rings. The van der Waals surface area contributed by atoms with Gasteiger partial charge >= 0.3 is 0 Å². The summed E-state index contributed by atoms with van der Waals surface area (Å²) in [5, 5.41) is 2.17. The number of para-hydroxylation sites is 2. The second-order valence-corrected chi connectivity index (χ2v) is 14.8. The molecule has 0 saturated carbocycles. The van der Waals surface area contributed by atoms with Crippen molar-refractivity contribution in [2.24, 2.45) is 0 Å². The zero-order valence-corrected chi connectivity index (χ0v) is 30.3. The van der Waals surface area contributed by atoms with Crippen molar-refractivity contribution in [2.75, 3.05) is 0 Å². The number of fused-ring (bicyclic) bond motifs is 15. The molecule has 0 N–H and O–H groups in total. The molecule has 0 aliphatic heterocycles. The standard InChI is InChI=1S/C53H32N2O/c1-2-15-33(16-3-1)52-54-48(32-49(55-52)43-24-14-23-42-41-22-9-13-28-50(41)56-51(42)43)34-29-30-40-39-21-8-12-27-46(39)53(47(40)31-34)44-25-10-6-19-37(44)35-17-4-5-18-36(35)38-20-7-11-26-45(38)53/h1-32H. The second-order valence-electron chi connectivity index (χ2n) is 14.8. The Kier molecular flexibility index (Phi) is 6.55. The maximum absolute atomic E-state index is 6.55. The lowest BCUT2D eigenvalue weighted by Crippen LogP contribution is -2.29. The van der Waals surface area contributed by atoms with Crippen LogP contribution in [-0.2, 0) is 5.41 Å². The molecule has 0 unspecified atom stereocenters. The van der Waals surface area contributed by atoms with Crippen LogP contribution in [0.5, 0.6) is 0 Å².